The standard InChI is InChI=1S/C14H14N4O3/c19-6-2-1-3-11-7-12(9-15-8-11)14(20)16-5-4-13-17-10-21-18-13/h7-10,19H,2,4-6H2,(H,16,20). The molecule has 0 saturated heterocycles. The van der Waals surface area contributed by atoms with E-state index in [0.29, 0.717) is 36.3 Å². The summed E-state index contributed by atoms with van der Waals surface area (Å²) in [6.07, 6.45) is 5.17. The maximum Gasteiger partial charge on any atom is 0.252 e. The molecule has 7 heteroatoms. The Bertz CT molecular complexity index is 644. The van der Waals surface area contributed by atoms with Crippen molar-refractivity contribution < 1.29 is 14.4 Å². The maximum atomic E-state index is 12.0. The van der Waals surface area contributed by atoms with E-state index in [1.54, 1.807) is 12.3 Å². The smallest absolute Gasteiger partial charge is 0.252 e. The van der Waals surface area contributed by atoms with Gasteiger partial charge in [0, 0.05) is 37.3 Å². The Hall–Kier alpha value is -2.72. The Morgan fingerprint density at radius 2 is 2.33 bits per heavy atom. The number of hydrogen-bond donors (Lipinski definition) is 2. The van der Waals surface area contributed by atoms with Gasteiger partial charge in [-0.15, -0.1) is 0 Å². The van der Waals surface area contributed by atoms with E-state index < -0.39 is 0 Å². The summed E-state index contributed by atoms with van der Waals surface area (Å²) in [4.78, 5) is 19.8. The van der Waals surface area contributed by atoms with E-state index in [2.05, 4.69) is 36.8 Å². The largest absolute Gasteiger partial charge is 0.395 e. The van der Waals surface area contributed by atoms with Crippen molar-refractivity contribution in [1.29, 1.82) is 0 Å². The molecule has 2 aromatic heterocycles. The molecule has 2 N–H and O–H groups in total. The zero-order chi connectivity index (χ0) is 14.9. The first-order valence-corrected chi connectivity index (χ1v) is 6.38. The summed E-state index contributed by atoms with van der Waals surface area (Å²) in [7, 11) is 0. The van der Waals surface area contributed by atoms with E-state index in [1.807, 2.05) is 0 Å². The van der Waals surface area contributed by atoms with E-state index in [1.165, 1.54) is 12.6 Å². The van der Waals surface area contributed by atoms with Gasteiger partial charge in [-0.3, -0.25) is 9.78 Å². The predicted molar refractivity (Wildman–Crippen MR) is 73.2 cm³/mol. The van der Waals surface area contributed by atoms with Crippen LogP contribution in [0.5, 0.6) is 0 Å². The van der Waals surface area contributed by atoms with E-state index in [-0.39, 0.29) is 12.5 Å². The minimum absolute atomic E-state index is 0.0106. The van der Waals surface area contributed by atoms with Crippen molar-refractivity contribution in [3.63, 3.8) is 0 Å². The monoisotopic (exact) mass is 286 g/mol. The molecule has 2 rings (SSSR count). The van der Waals surface area contributed by atoms with Gasteiger partial charge in [-0.1, -0.05) is 17.0 Å². The second-order valence-corrected chi connectivity index (χ2v) is 4.09. The second kappa shape index (κ2) is 7.77. The summed E-state index contributed by atoms with van der Waals surface area (Å²) in [5.74, 6) is 5.91. The Morgan fingerprint density at radius 1 is 1.43 bits per heavy atom. The fourth-order valence-corrected chi connectivity index (χ4v) is 1.55. The fourth-order valence-electron chi connectivity index (χ4n) is 1.55. The Kier molecular flexibility index (Phi) is 5.43. The molecule has 0 aliphatic heterocycles. The summed E-state index contributed by atoms with van der Waals surface area (Å²) in [6, 6.07) is 1.65. The Labute approximate surface area is 121 Å². The third-order valence-corrected chi connectivity index (χ3v) is 2.51. The number of carbonyl (C=O) groups is 1. The fraction of sp³-hybridized carbons (Fsp3) is 0.286. The lowest BCUT2D eigenvalue weighted by Crippen LogP contribution is -2.26. The zero-order valence-electron chi connectivity index (χ0n) is 11.2. The highest BCUT2D eigenvalue weighted by atomic mass is 16.5. The van der Waals surface area contributed by atoms with Gasteiger partial charge in [0.1, 0.15) is 0 Å². The lowest BCUT2D eigenvalue weighted by molar-refractivity contribution is 0.0953. The molecular formula is C14H14N4O3. The molecule has 0 radical (unpaired) electrons. The van der Waals surface area contributed by atoms with Crippen LogP contribution in [0.1, 0.15) is 28.2 Å². The Morgan fingerprint density at radius 3 is 3.10 bits per heavy atom. The van der Waals surface area contributed by atoms with E-state index in [9.17, 15) is 4.79 Å². The van der Waals surface area contributed by atoms with Crippen LogP contribution in [0.3, 0.4) is 0 Å². The average Bonchev–Trinajstić information content (AvgIpc) is 3.01. The normalized spacial score (nSPS) is 9.76. The second-order valence-electron chi connectivity index (χ2n) is 4.09. The maximum absolute atomic E-state index is 12.0. The number of rotatable bonds is 5. The molecule has 0 aliphatic rings. The molecule has 0 bridgehead atoms. The summed E-state index contributed by atoms with van der Waals surface area (Å²) in [6.45, 7) is 0.412. The van der Waals surface area contributed by atoms with Crippen molar-refractivity contribution in [2.45, 2.75) is 12.8 Å². The first kappa shape index (κ1) is 14.7. The third-order valence-electron chi connectivity index (χ3n) is 2.51. The highest BCUT2D eigenvalue weighted by molar-refractivity contribution is 5.94. The van der Waals surface area contributed by atoms with Crippen molar-refractivity contribution >= 4 is 5.91 Å². The van der Waals surface area contributed by atoms with Crippen molar-refractivity contribution in [3.05, 3.63) is 41.8 Å². The Balaban J connectivity index is 1.90. The van der Waals surface area contributed by atoms with Crippen LogP contribution < -0.4 is 5.32 Å². The summed E-state index contributed by atoms with van der Waals surface area (Å²) in [5.41, 5.74) is 1.06. The third kappa shape index (κ3) is 4.71. The van der Waals surface area contributed by atoms with Crippen LogP contribution in [-0.4, -0.2) is 39.3 Å². The van der Waals surface area contributed by atoms with Gasteiger partial charge in [0.05, 0.1) is 12.2 Å². The number of aliphatic hydroxyl groups is 1. The number of aromatic nitrogens is 3. The first-order chi connectivity index (χ1) is 10.3. The van der Waals surface area contributed by atoms with Gasteiger partial charge in [0.2, 0.25) is 6.39 Å². The molecule has 0 saturated carbocycles. The van der Waals surface area contributed by atoms with Gasteiger partial charge in [-0.05, 0) is 6.07 Å². The quantitative estimate of drug-likeness (QED) is 0.760. The molecule has 0 atom stereocenters. The first-order valence-electron chi connectivity index (χ1n) is 6.38. The average molecular weight is 286 g/mol. The topological polar surface area (TPSA) is 101 Å². The van der Waals surface area contributed by atoms with Crippen molar-refractivity contribution in [2.75, 3.05) is 13.2 Å². The molecule has 2 aromatic rings. The SMILES string of the molecule is O=C(NCCc1ncon1)c1cncc(C#CCCO)c1. The summed E-state index contributed by atoms with van der Waals surface area (Å²) < 4.78 is 4.60. The van der Waals surface area contributed by atoms with Crippen LogP contribution in [0.25, 0.3) is 0 Å². The molecule has 0 aromatic carbocycles. The van der Waals surface area contributed by atoms with E-state index in [4.69, 9.17) is 5.11 Å². The molecule has 0 aliphatic carbocycles. The molecule has 108 valence electrons. The van der Waals surface area contributed by atoms with Crippen LogP contribution in [0.2, 0.25) is 0 Å². The molecule has 0 unspecified atom stereocenters. The van der Waals surface area contributed by atoms with Gasteiger partial charge in [0.15, 0.2) is 5.82 Å². The number of nitrogens with one attached hydrogen (secondary N) is 1. The molecular weight excluding hydrogens is 272 g/mol. The van der Waals surface area contributed by atoms with Crippen LogP contribution in [0.4, 0.5) is 0 Å². The summed E-state index contributed by atoms with van der Waals surface area (Å²) >= 11 is 0. The number of hydrogen-bond acceptors (Lipinski definition) is 6. The van der Waals surface area contributed by atoms with E-state index >= 15 is 0 Å². The van der Waals surface area contributed by atoms with Crippen LogP contribution in [0, 0.1) is 11.8 Å². The van der Waals surface area contributed by atoms with Gasteiger partial charge >= 0.3 is 0 Å². The minimum Gasteiger partial charge on any atom is -0.395 e. The number of pyridine rings is 1. The molecule has 2 heterocycles. The lowest BCUT2D eigenvalue weighted by Gasteiger charge is -2.03. The number of aliphatic hydroxyl groups excluding tert-OH is 1. The van der Waals surface area contributed by atoms with E-state index in [0.717, 1.165) is 0 Å². The predicted octanol–water partition coefficient (Wildman–Crippen LogP) is 0.171. The zero-order valence-corrected chi connectivity index (χ0v) is 11.2. The highest BCUT2D eigenvalue weighted by Gasteiger charge is 2.06. The van der Waals surface area contributed by atoms with Gasteiger partial charge in [-0.2, -0.15) is 4.98 Å². The van der Waals surface area contributed by atoms with Crippen LogP contribution in [-0.2, 0) is 6.42 Å². The number of carbonyl (C=O) groups excluding carboxylic acids is 1. The van der Waals surface area contributed by atoms with Crippen LogP contribution in [0.15, 0.2) is 29.4 Å². The summed E-state index contributed by atoms with van der Waals surface area (Å²) in [5, 5.41) is 15.1. The van der Waals surface area contributed by atoms with Gasteiger partial charge in [-0.25, -0.2) is 0 Å². The number of nitrogens with zero attached hydrogens (tertiary/aromatic N) is 3. The minimum atomic E-state index is -0.239. The van der Waals surface area contributed by atoms with Crippen LogP contribution >= 0.6 is 0 Å². The van der Waals surface area contributed by atoms with Gasteiger partial charge in [0.25, 0.3) is 5.91 Å². The molecule has 0 fully saturated rings. The van der Waals surface area contributed by atoms with Crippen molar-refractivity contribution in [3.8, 4) is 11.8 Å². The molecule has 0 spiro atoms. The van der Waals surface area contributed by atoms with Crippen molar-refractivity contribution in [1.82, 2.24) is 20.4 Å². The number of amides is 1. The highest BCUT2D eigenvalue weighted by Crippen LogP contribution is 2.01. The molecule has 7 nitrogen and oxygen atoms in total. The molecule has 1 amide bonds. The lowest BCUT2D eigenvalue weighted by atomic mass is 10.2. The molecule has 21 heavy (non-hydrogen) atoms. The van der Waals surface area contributed by atoms with Crippen molar-refractivity contribution in [2.24, 2.45) is 0 Å². The van der Waals surface area contributed by atoms with Gasteiger partial charge < -0.3 is 14.9 Å².